The van der Waals surface area contributed by atoms with Crippen molar-refractivity contribution in [3.8, 4) is 67.3 Å². The second-order valence-corrected chi connectivity index (χ2v) is 15.5. The number of rotatable bonds is 6. The zero-order valence-electron chi connectivity index (χ0n) is 33.0. The van der Waals surface area contributed by atoms with Crippen LogP contribution in [0.25, 0.3) is 122 Å². The van der Waals surface area contributed by atoms with E-state index in [2.05, 4.69) is 188 Å². The maximum absolute atomic E-state index is 6.66. The Morgan fingerprint density at radius 1 is 0.279 bits per heavy atom. The molecule has 0 spiro atoms. The van der Waals surface area contributed by atoms with Crippen molar-refractivity contribution < 1.29 is 4.42 Å². The molecular formula is C57H35N3O. The van der Waals surface area contributed by atoms with Gasteiger partial charge in [-0.15, -0.1) is 0 Å². The van der Waals surface area contributed by atoms with E-state index in [1.807, 2.05) is 24.3 Å². The number of benzene rings is 9. The molecule has 0 radical (unpaired) electrons. The molecule has 12 aromatic rings. The van der Waals surface area contributed by atoms with E-state index in [4.69, 9.17) is 19.4 Å². The summed E-state index contributed by atoms with van der Waals surface area (Å²) in [5.74, 6) is 0.687. The summed E-state index contributed by atoms with van der Waals surface area (Å²) in [6.07, 6.45) is 0. The van der Waals surface area contributed by atoms with E-state index in [0.29, 0.717) is 5.82 Å². The summed E-state index contributed by atoms with van der Waals surface area (Å²) in [4.78, 5) is 15.7. The van der Waals surface area contributed by atoms with Crippen LogP contribution in [0.4, 0.5) is 0 Å². The Kier molecular flexibility index (Phi) is 8.13. The summed E-state index contributed by atoms with van der Waals surface area (Å²) >= 11 is 0. The topological polar surface area (TPSA) is 51.8 Å². The van der Waals surface area contributed by atoms with Gasteiger partial charge < -0.3 is 4.42 Å². The van der Waals surface area contributed by atoms with E-state index in [1.54, 1.807) is 0 Å². The third-order valence-corrected chi connectivity index (χ3v) is 11.8. The van der Waals surface area contributed by atoms with Crippen LogP contribution in [0, 0.1) is 0 Å². The Hall–Kier alpha value is -8.21. The molecule has 4 heteroatoms. The molecule has 4 nitrogen and oxygen atoms in total. The molecule has 0 atom stereocenters. The Bertz CT molecular complexity index is 3630. The van der Waals surface area contributed by atoms with Crippen molar-refractivity contribution in [3.63, 3.8) is 0 Å². The van der Waals surface area contributed by atoms with Crippen molar-refractivity contribution in [2.75, 3.05) is 0 Å². The Morgan fingerprint density at radius 3 is 1.54 bits per heavy atom. The van der Waals surface area contributed by atoms with Gasteiger partial charge in [-0.3, -0.25) is 0 Å². The summed E-state index contributed by atoms with van der Waals surface area (Å²) in [7, 11) is 0. The molecule has 9 aromatic carbocycles. The van der Waals surface area contributed by atoms with Crippen LogP contribution in [0.15, 0.2) is 217 Å². The smallest absolute Gasteiger partial charge is 0.160 e. The highest BCUT2D eigenvalue weighted by Crippen LogP contribution is 2.47. The van der Waals surface area contributed by atoms with Gasteiger partial charge in [0.1, 0.15) is 11.2 Å². The van der Waals surface area contributed by atoms with Crippen molar-refractivity contribution in [3.05, 3.63) is 212 Å². The molecule has 0 bridgehead atoms. The summed E-state index contributed by atoms with van der Waals surface area (Å²) in [6, 6.07) is 74.4. The fraction of sp³-hybridized carbons (Fsp3) is 0. The third-order valence-electron chi connectivity index (χ3n) is 11.8. The SMILES string of the molecule is c1ccc(-c2ccc(-c3nc(-c4cccc(-c5cccc(-c6c7c(cc8c(-c9ccccc9)nc9ccccc9c68)oc6ccccc67)c5)c4)nc4ccccc34)cc2)cc1. The molecule has 0 saturated carbocycles. The number of nitrogens with zero attached hydrogens (tertiary/aromatic N) is 3. The summed E-state index contributed by atoms with van der Waals surface area (Å²) < 4.78 is 6.66. The lowest BCUT2D eigenvalue weighted by Crippen LogP contribution is -1.95. The van der Waals surface area contributed by atoms with Crippen LogP contribution in [-0.4, -0.2) is 15.0 Å². The second-order valence-electron chi connectivity index (χ2n) is 15.5. The quantitative estimate of drug-likeness (QED) is 0.158. The highest BCUT2D eigenvalue weighted by atomic mass is 16.3. The van der Waals surface area contributed by atoms with Crippen LogP contribution < -0.4 is 0 Å². The molecule has 0 aliphatic rings. The van der Waals surface area contributed by atoms with E-state index < -0.39 is 0 Å². The van der Waals surface area contributed by atoms with Gasteiger partial charge in [-0.25, -0.2) is 15.0 Å². The number of hydrogen-bond acceptors (Lipinski definition) is 4. The normalized spacial score (nSPS) is 11.6. The minimum absolute atomic E-state index is 0.687. The number of aromatic nitrogens is 3. The van der Waals surface area contributed by atoms with Crippen LogP contribution in [0.2, 0.25) is 0 Å². The van der Waals surface area contributed by atoms with Gasteiger partial charge in [0.2, 0.25) is 0 Å². The molecule has 0 amide bonds. The Morgan fingerprint density at radius 2 is 0.787 bits per heavy atom. The minimum atomic E-state index is 0.687. The molecule has 3 aromatic heterocycles. The number of para-hydroxylation sites is 3. The van der Waals surface area contributed by atoms with Crippen LogP contribution in [0.3, 0.4) is 0 Å². The molecule has 0 aliphatic carbocycles. The molecule has 0 aliphatic heterocycles. The summed E-state index contributed by atoms with van der Waals surface area (Å²) in [5.41, 5.74) is 15.2. The van der Waals surface area contributed by atoms with Crippen molar-refractivity contribution in [2.45, 2.75) is 0 Å². The van der Waals surface area contributed by atoms with Crippen LogP contribution in [0.1, 0.15) is 0 Å². The van der Waals surface area contributed by atoms with Crippen molar-refractivity contribution >= 4 is 54.5 Å². The molecule has 0 saturated heterocycles. The van der Waals surface area contributed by atoms with Gasteiger partial charge in [0.05, 0.1) is 22.4 Å². The average molecular weight is 778 g/mol. The first-order valence-corrected chi connectivity index (χ1v) is 20.6. The van der Waals surface area contributed by atoms with Gasteiger partial charge in [-0.1, -0.05) is 176 Å². The highest BCUT2D eigenvalue weighted by Gasteiger charge is 2.22. The molecular weight excluding hydrogens is 743 g/mol. The molecule has 0 N–H and O–H groups in total. The van der Waals surface area contributed by atoms with E-state index in [1.165, 1.54) is 11.1 Å². The fourth-order valence-electron chi connectivity index (χ4n) is 8.99. The van der Waals surface area contributed by atoms with Crippen molar-refractivity contribution in [2.24, 2.45) is 0 Å². The first-order valence-electron chi connectivity index (χ1n) is 20.6. The molecule has 12 rings (SSSR count). The number of fused-ring (bicyclic) bond motifs is 7. The van der Waals surface area contributed by atoms with Gasteiger partial charge in [-0.2, -0.15) is 0 Å². The molecule has 284 valence electrons. The highest BCUT2D eigenvalue weighted by molar-refractivity contribution is 6.27. The molecule has 61 heavy (non-hydrogen) atoms. The second kappa shape index (κ2) is 14.3. The Balaban J connectivity index is 1.03. The lowest BCUT2D eigenvalue weighted by molar-refractivity contribution is 0.669. The van der Waals surface area contributed by atoms with Crippen LogP contribution in [0.5, 0.6) is 0 Å². The zero-order chi connectivity index (χ0) is 40.3. The number of hydrogen-bond donors (Lipinski definition) is 0. The predicted molar refractivity (Wildman–Crippen MR) is 252 cm³/mol. The maximum atomic E-state index is 6.66. The van der Waals surface area contributed by atoms with Gasteiger partial charge in [0.25, 0.3) is 0 Å². The van der Waals surface area contributed by atoms with Crippen LogP contribution in [-0.2, 0) is 0 Å². The largest absolute Gasteiger partial charge is 0.456 e. The third kappa shape index (κ3) is 5.96. The standard InChI is InChI=1S/C57H35N3O/c1-3-15-36(16-4-1)37-29-31-39(32-30-37)55-45-24-8-11-27-49(45)59-57(60-55)43-22-14-20-41(34-43)40-19-13-21-42(33-40)52-53-44-23-7-10-26-48(44)58-56(38-17-5-2-6-18-38)47(53)35-51-54(52)46-25-9-12-28-50(46)61-51/h1-35H. The van der Waals surface area contributed by atoms with Crippen LogP contribution >= 0.6 is 0 Å². The lowest BCUT2D eigenvalue weighted by atomic mass is 9.88. The first kappa shape index (κ1) is 34.8. The lowest BCUT2D eigenvalue weighted by Gasteiger charge is -2.16. The summed E-state index contributed by atoms with van der Waals surface area (Å²) in [6.45, 7) is 0. The molecule has 0 unspecified atom stereocenters. The predicted octanol–water partition coefficient (Wildman–Crippen LogP) is 15.2. The Labute approximate surface area is 352 Å². The van der Waals surface area contributed by atoms with E-state index >= 15 is 0 Å². The van der Waals surface area contributed by atoms with Gasteiger partial charge in [-0.05, 0) is 64.2 Å². The first-order chi connectivity index (χ1) is 30.2. The maximum Gasteiger partial charge on any atom is 0.160 e. The van der Waals surface area contributed by atoms with E-state index in [0.717, 1.165) is 105 Å². The van der Waals surface area contributed by atoms with Gasteiger partial charge >= 0.3 is 0 Å². The van der Waals surface area contributed by atoms with E-state index in [-0.39, 0.29) is 0 Å². The zero-order valence-corrected chi connectivity index (χ0v) is 33.0. The fourth-order valence-corrected chi connectivity index (χ4v) is 8.99. The molecule has 0 fully saturated rings. The van der Waals surface area contributed by atoms with Crippen molar-refractivity contribution in [1.82, 2.24) is 15.0 Å². The minimum Gasteiger partial charge on any atom is -0.456 e. The number of pyridine rings is 1. The monoisotopic (exact) mass is 777 g/mol. The van der Waals surface area contributed by atoms with Gasteiger partial charge in [0, 0.05) is 54.6 Å². The number of furan rings is 1. The summed E-state index contributed by atoms with van der Waals surface area (Å²) in [5, 5.41) is 6.52. The van der Waals surface area contributed by atoms with Gasteiger partial charge in [0.15, 0.2) is 5.82 Å². The average Bonchev–Trinajstić information content (AvgIpc) is 3.71. The molecule has 3 heterocycles. The van der Waals surface area contributed by atoms with Crippen molar-refractivity contribution in [1.29, 1.82) is 0 Å². The van der Waals surface area contributed by atoms with E-state index in [9.17, 15) is 0 Å².